The summed E-state index contributed by atoms with van der Waals surface area (Å²) in [5.41, 5.74) is 10.1. The molecule has 2 aliphatic heterocycles. The molecule has 4 heterocycles. The number of nitrogens with one attached hydrogen (secondary N) is 1. The van der Waals surface area contributed by atoms with E-state index in [1.165, 1.54) is 16.8 Å². The molecule has 5 nitrogen and oxygen atoms in total. The predicted molar refractivity (Wildman–Crippen MR) is 168 cm³/mol. The molecule has 1 fully saturated rings. The van der Waals surface area contributed by atoms with Crippen LogP contribution in [-0.4, -0.2) is 31.2 Å². The van der Waals surface area contributed by atoms with Crippen molar-refractivity contribution in [3.8, 4) is 22.5 Å². The fourth-order valence-electron chi connectivity index (χ4n) is 5.94. The SMILES string of the molecule is C=C1c2oc(-c3ccc(Cl)cc3)cc2Cc2cc(N3CCNCC3)ccc2N1Cc1ccccc1-c1cccnc1. The van der Waals surface area contributed by atoms with Gasteiger partial charge in [-0.2, -0.15) is 0 Å². The first-order valence-electron chi connectivity index (χ1n) is 14.1. The Morgan fingerprint density at radius 1 is 0.878 bits per heavy atom. The third-order valence-electron chi connectivity index (χ3n) is 8.06. The lowest BCUT2D eigenvalue weighted by Gasteiger charge is -2.31. The molecule has 7 rings (SSSR count). The number of hydrogen-bond donors (Lipinski definition) is 1. The van der Waals surface area contributed by atoms with Crippen molar-refractivity contribution in [2.45, 2.75) is 13.0 Å². The second-order valence-electron chi connectivity index (χ2n) is 10.6. The number of halogens is 1. The van der Waals surface area contributed by atoms with Crippen molar-refractivity contribution in [3.05, 3.63) is 131 Å². The van der Waals surface area contributed by atoms with Gasteiger partial charge in [-0.1, -0.05) is 48.5 Å². The van der Waals surface area contributed by atoms with Crippen LogP contribution in [0.25, 0.3) is 28.1 Å². The Balaban J connectivity index is 1.33. The Bertz CT molecular complexity index is 1700. The normalized spacial score (nSPS) is 14.9. The molecule has 0 spiro atoms. The number of hydrogen-bond acceptors (Lipinski definition) is 5. The Kier molecular flexibility index (Phi) is 6.83. The van der Waals surface area contributed by atoms with E-state index in [4.69, 9.17) is 16.0 Å². The highest BCUT2D eigenvalue weighted by Gasteiger charge is 2.28. The second-order valence-corrected chi connectivity index (χ2v) is 11.1. The van der Waals surface area contributed by atoms with E-state index in [1.807, 2.05) is 42.7 Å². The lowest BCUT2D eigenvalue weighted by molar-refractivity contribution is 0.562. The van der Waals surface area contributed by atoms with E-state index < -0.39 is 0 Å². The number of benzene rings is 3. The van der Waals surface area contributed by atoms with Gasteiger partial charge in [0.1, 0.15) is 5.76 Å². The molecule has 0 saturated carbocycles. The van der Waals surface area contributed by atoms with Gasteiger partial charge in [0.25, 0.3) is 0 Å². The minimum atomic E-state index is 0.653. The maximum Gasteiger partial charge on any atom is 0.154 e. The number of pyridine rings is 1. The van der Waals surface area contributed by atoms with Crippen molar-refractivity contribution in [3.63, 3.8) is 0 Å². The van der Waals surface area contributed by atoms with Gasteiger partial charge in [-0.25, -0.2) is 0 Å². The fourth-order valence-corrected chi connectivity index (χ4v) is 6.07. The van der Waals surface area contributed by atoms with Crippen LogP contribution < -0.4 is 15.1 Å². The topological polar surface area (TPSA) is 44.5 Å². The van der Waals surface area contributed by atoms with Gasteiger partial charge in [-0.15, -0.1) is 0 Å². The first-order valence-corrected chi connectivity index (χ1v) is 14.4. The molecule has 0 amide bonds. The maximum atomic E-state index is 6.57. The van der Waals surface area contributed by atoms with Crippen molar-refractivity contribution < 1.29 is 4.42 Å². The standard InChI is InChI=1S/C35H31ClN4O/c1-24-35-29(21-34(41-35)25-8-10-30(36)11-9-25)19-28-20-31(39-17-15-37-16-18-39)12-13-33(28)40(24)23-27-5-2-3-7-32(27)26-6-4-14-38-22-26/h2-14,20-22,37H,1,15-19,23H2. The van der Waals surface area contributed by atoms with E-state index in [1.54, 1.807) is 0 Å². The molecular weight excluding hydrogens is 528 g/mol. The molecule has 0 bridgehead atoms. The molecular formula is C35H31ClN4O. The van der Waals surface area contributed by atoms with E-state index in [0.29, 0.717) is 11.6 Å². The van der Waals surface area contributed by atoms with Gasteiger partial charge in [0.2, 0.25) is 0 Å². The third kappa shape index (κ3) is 5.03. The summed E-state index contributed by atoms with van der Waals surface area (Å²) < 4.78 is 6.57. The molecule has 204 valence electrons. The highest BCUT2D eigenvalue weighted by molar-refractivity contribution is 6.30. The number of rotatable bonds is 5. The fraction of sp³-hybridized carbons (Fsp3) is 0.171. The van der Waals surface area contributed by atoms with Gasteiger partial charge in [0.05, 0.1) is 5.70 Å². The molecule has 6 heteroatoms. The summed E-state index contributed by atoms with van der Waals surface area (Å²) >= 11 is 6.17. The Morgan fingerprint density at radius 3 is 2.51 bits per heavy atom. The van der Waals surface area contributed by atoms with Crippen molar-refractivity contribution in [1.82, 2.24) is 10.3 Å². The predicted octanol–water partition coefficient (Wildman–Crippen LogP) is 7.65. The molecule has 2 aromatic heterocycles. The van der Waals surface area contributed by atoms with E-state index in [2.05, 4.69) is 81.3 Å². The van der Waals surface area contributed by atoms with Gasteiger partial charge in [0.15, 0.2) is 5.76 Å². The van der Waals surface area contributed by atoms with Gasteiger partial charge < -0.3 is 19.5 Å². The number of fused-ring (bicyclic) bond motifs is 2. The van der Waals surface area contributed by atoms with Crippen molar-refractivity contribution in [2.75, 3.05) is 36.0 Å². The van der Waals surface area contributed by atoms with E-state index in [9.17, 15) is 0 Å². The summed E-state index contributed by atoms with van der Waals surface area (Å²) in [7, 11) is 0. The lowest BCUT2D eigenvalue weighted by atomic mass is 10.00. The highest BCUT2D eigenvalue weighted by atomic mass is 35.5. The van der Waals surface area contributed by atoms with Crippen LogP contribution in [0.3, 0.4) is 0 Å². The first-order chi connectivity index (χ1) is 20.1. The average molecular weight is 559 g/mol. The van der Waals surface area contributed by atoms with Gasteiger partial charge in [-0.05, 0) is 71.3 Å². The third-order valence-corrected chi connectivity index (χ3v) is 8.31. The number of furan rings is 1. The van der Waals surface area contributed by atoms with E-state index in [-0.39, 0.29) is 0 Å². The van der Waals surface area contributed by atoms with Crippen molar-refractivity contribution >= 4 is 28.7 Å². The summed E-state index contributed by atoms with van der Waals surface area (Å²) in [5.74, 6) is 1.65. The summed E-state index contributed by atoms with van der Waals surface area (Å²) in [6.07, 6.45) is 4.50. The number of piperazine rings is 1. The monoisotopic (exact) mass is 558 g/mol. The largest absolute Gasteiger partial charge is 0.454 e. The maximum absolute atomic E-state index is 6.57. The van der Waals surface area contributed by atoms with Crippen LogP contribution in [0, 0.1) is 0 Å². The highest BCUT2D eigenvalue weighted by Crippen LogP contribution is 2.42. The summed E-state index contributed by atoms with van der Waals surface area (Å²) in [6, 6.07) is 29.5. The Morgan fingerprint density at radius 2 is 1.71 bits per heavy atom. The first kappa shape index (κ1) is 25.6. The molecule has 0 unspecified atom stereocenters. The minimum Gasteiger partial charge on any atom is -0.454 e. The molecule has 2 aliphatic rings. The van der Waals surface area contributed by atoms with Crippen LogP contribution in [0.1, 0.15) is 22.5 Å². The zero-order valence-corrected chi connectivity index (χ0v) is 23.6. The van der Waals surface area contributed by atoms with Crippen LogP contribution >= 0.6 is 11.6 Å². The van der Waals surface area contributed by atoms with Crippen LogP contribution in [0.2, 0.25) is 5.02 Å². The minimum absolute atomic E-state index is 0.653. The molecule has 41 heavy (non-hydrogen) atoms. The zero-order chi connectivity index (χ0) is 27.8. The lowest BCUT2D eigenvalue weighted by Crippen LogP contribution is -2.43. The second kappa shape index (κ2) is 10.9. The van der Waals surface area contributed by atoms with Crippen molar-refractivity contribution in [1.29, 1.82) is 0 Å². The van der Waals surface area contributed by atoms with Crippen LogP contribution in [0.5, 0.6) is 0 Å². The van der Waals surface area contributed by atoms with Crippen LogP contribution in [0.4, 0.5) is 11.4 Å². The molecule has 0 atom stereocenters. The number of anilines is 2. The molecule has 1 N–H and O–H groups in total. The van der Waals surface area contributed by atoms with E-state index in [0.717, 1.165) is 77.8 Å². The summed E-state index contributed by atoms with van der Waals surface area (Å²) in [4.78, 5) is 9.15. The van der Waals surface area contributed by atoms with Crippen LogP contribution in [-0.2, 0) is 13.0 Å². The summed E-state index contributed by atoms with van der Waals surface area (Å²) in [6.45, 7) is 9.27. The molecule has 0 radical (unpaired) electrons. The van der Waals surface area contributed by atoms with Gasteiger partial charge in [0, 0.05) is 84.6 Å². The molecule has 0 aliphatic carbocycles. The number of aromatic nitrogens is 1. The molecule has 1 saturated heterocycles. The Labute approximate surface area is 245 Å². The van der Waals surface area contributed by atoms with Gasteiger partial charge in [-0.3, -0.25) is 4.98 Å². The van der Waals surface area contributed by atoms with Crippen LogP contribution in [0.15, 0.2) is 108 Å². The number of nitrogens with zero attached hydrogens (tertiary/aromatic N) is 3. The zero-order valence-electron chi connectivity index (χ0n) is 22.8. The molecule has 3 aromatic carbocycles. The molecule has 5 aromatic rings. The quantitative estimate of drug-likeness (QED) is 0.240. The average Bonchev–Trinajstić information content (AvgIpc) is 3.41. The Hall–Kier alpha value is -4.32. The van der Waals surface area contributed by atoms with Crippen molar-refractivity contribution in [2.24, 2.45) is 0 Å². The van der Waals surface area contributed by atoms with E-state index >= 15 is 0 Å². The van der Waals surface area contributed by atoms with Gasteiger partial charge >= 0.3 is 0 Å². The smallest absolute Gasteiger partial charge is 0.154 e. The summed E-state index contributed by atoms with van der Waals surface area (Å²) in [5, 5.41) is 4.17.